The first-order valence-corrected chi connectivity index (χ1v) is 11.0. The number of esters is 1. The number of benzene rings is 1. The number of aromatic nitrogens is 3. The fraction of sp³-hybridized carbons (Fsp3) is 0.304. The first kappa shape index (κ1) is 21.8. The molecule has 166 valence electrons. The van der Waals surface area contributed by atoms with Crippen LogP contribution in [0.2, 0.25) is 0 Å². The number of hydrogen-bond donors (Lipinski definition) is 0. The molecule has 32 heavy (non-hydrogen) atoms. The number of ether oxygens (including phenoxy) is 2. The minimum absolute atomic E-state index is 0.216. The third-order valence-corrected chi connectivity index (χ3v) is 6.44. The van der Waals surface area contributed by atoms with Crippen molar-refractivity contribution in [1.29, 1.82) is 0 Å². The third kappa shape index (κ3) is 3.69. The van der Waals surface area contributed by atoms with Crippen LogP contribution in [-0.2, 0) is 16.1 Å². The maximum atomic E-state index is 13.5. The zero-order valence-electron chi connectivity index (χ0n) is 18.6. The Balaban J connectivity index is 1.95. The van der Waals surface area contributed by atoms with E-state index in [1.807, 2.05) is 42.9 Å². The SMILES string of the molecule is CCn1cc(C=c2sc3n(c2=O)C(c2ccc(OC)cc2)C(C(=O)OC)=C(C)N=3)c(C)n1. The highest BCUT2D eigenvalue weighted by atomic mass is 32.1. The van der Waals surface area contributed by atoms with Crippen LogP contribution in [0.4, 0.5) is 0 Å². The number of thiazole rings is 1. The van der Waals surface area contributed by atoms with E-state index in [1.54, 1.807) is 30.7 Å². The topological polar surface area (TPSA) is 87.7 Å². The largest absolute Gasteiger partial charge is 0.497 e. The summed E-state index contributed by atoms with van der Waals surface area (Å²) in [6.45, 7) is 6.43. The van der Waals surface area contributed by atoms with E-state index in [9.17, 15) is 9.59 Å². The fourth-order valence-corrected chi connectivity index (χ4v) is 4.81. The molecule has 0 amide bonds. The Morgan fingerprint density at radius 3 is 2.53 bits per heavy atom. The standard InChI is InChI=1S/C23H24N4O4S/c1-6-26-12-16(13(2)25-26)11-18-21(28)27-20(15-7-9-17(30-4)10-8-15)19(22(29)31-5)14(3)24-23(27)32-18/h7-12,20H,6H2,1-5H3. The Kier molecular flexibility index (Phi) is 5.84. The highest BCUT2D eigenvalue weighted by molar-refractivity contribution is 7.07. The zero-order chi connectivity index (χ0) is 23.0. The summed E-state index contributed by atoms with van der Waals surface area (Å²) < 4.78 is 14.2. The van der Waals surface area contributed by atoms with Gasteiger partial charge in [0, 0.05) is 18.3 Å². The van der Waals surface area contributed by atoms with Gasteiger partial charge < -0.3 is 9.47 Å². The van der Waals surface area contributed by atoms with E-state index in [0.717, 1.165) is 23.4 Å². The molecule has 1 aliphatic heterocycles. The van der Waals surface area contributed by atoms with Crippen LogP contribution in [0.1, 0.15) is 36.7 Å². The van der Waals surface area contributed by atoms with Gasteiger partial charge in [0.25, 0.3) is 5.56 Å². The fourth-order valence-electron chi connectivity index (χ4n) is 3.77. The van der Waals surface area contributed by atoms with Gasteiger partial charge in [-0.15, -0.1) is 0 Å². The Morgan fingerprint density at radius 2 is 1.94 bits per heavy atom. The van der Waals surface area contributed by atoms with Crippen molar-refractivity contribution < 1.29 is 14.3 Å². The van der Waals surface area contributed by atoms with Gasteiger partial charge in [-0.1, -0.05) is 23.5 Å². The Labute approximate surface area is 188 Å². The summed E-state index contributed by atoms with van der Waals surface area (Å²) in [5.41, 5.74) is 3.14. The lowest BCUT2D eigenvalue weighted by molar-refractivity contribution is -0.136. The smallest absolute Gasteiger partial charge is 0.338 e. The van der Waals surface area contributed by atoms with E-state index >= 15 is 0 Å². The molecule has 0 aliphatic carbocycles. The molecule has 0 fully saturated rings. The predicted molar refractivity (Wildman–Crippen MR) is 121 cm³/mol. The first-order chi connectivity index (χ1) is 15.4. The van der Waals surface area contributed by atoms with Gasteiger partial charge in [-0.05, 0) is 44.5 Å². The molecule has 0 N–H and O–H groups in total. The molecule has 1 aliphatic rings. The van der Waals surface area contributed by atoms with Crippen molar-refractivity contribution in [3.8, 4) is 5.75 Å². The van der Waals surface area contributed by atoms with Crippen LogP contribution in [0.5, 0.6) is 5.75 Å². The summed E-state index contributed by atoms with van der Waals surface area (Å²) in [5.74, 6) is 0.173. The zero-order valence-corrected chi connectivity index (χ0v) is 19.4. The molecule has 9 heteroatoms. The maximum Gasteiger partial charge on any atom is 0.338 e. The molecule has 4 rings (SSSR count). The van der Waals surface area contributed by atoms with E-state index in [-0.39, 0.29) is 5.56 Å². The molecule has 0 bridgehead atoms. The molecule has 1 atom stereocenters. The second-order valence-electron chi connectivity index (χ2n) is 7.37. The van der Waals surface area contributed by atoms with Gasteiger partial charge in [0.2, 0.25) is 0 Å². The van der Waals surface area contributed by atoms with E-state index in [2.05, 4.69) is 10.1 Å². The summed E-state index contributed by atoms with van der Waals surface area (Å²) >= 11 is 1.29. The van der Waals surface area contributed by atoms with Crippen LogP contribution in [0.25, 0.3) is 6.08 Å². The Hall–Kier alpha value is -3.46. The molecule has 3 aromatic rings. The minimum atomic E-state index is -0.647. The Morgan fingerprint density at radius 1 is 1.22 bits per heavy atom. The number of fused-ring (bicyclic) bond motifs is 1. The summed E-state index contributed by atoms with van der Waals surface area (Å²) in [6.07, 6.45) is 3.75. The number of methoxy groups -OCH3 is 2. The molecule has 1 unspecified atom stereocenters. The van der Waals surface area contributed by atoms with Crippen LogP contribution in [-0.4, -0.2) is 34.5 Å². The lowest BCUT2D eigenvalue weighted by Crippen LogP contribution is -2.39. The molecule has 0 saturated heterocycles. The van der Waals surface area contributed by atoms with E-state index < -0.39 is 12.0 Å². The van der Waals surface area contributed by atoms with Crippen LogP contribution in [0.15, 0.2) is 51.5 Å². The van der Waals surface area contributed by atoms with Crippen molar-refractivity contribution in [2.45, 2.75) is 33.4 Å². The van der Waals surface area contributed by atoms with Gasteiger partial charge in [-0.2, -0.15) is 5.10 Å². The van der Waals surface area contributed by atoms with Crippen LogP contribution < -0.4 is 19.6 Å². The van der Waals surface area contributed by atoms with E-state index in [1.165, 1.54) is 18.4 Å². The van der Waals surface area contributed by atoms with Crippen LogP contribution in [0, 0.1) is 6.92 Å². The molecule has 0 spiro atoms. The average molecular weight is 453 g/mol. The lowest BCUT2D eigenvalue weighted by Gasteiger charge is -2.24. The minimum Gasteiger partial charge on any atom is -0.497 e. The summed E-state index contributed by atoms with van der Waals surface area (Å²) in [5, 5.41) is 4.45. The summed E-state index contributed by atoms with van der Waals surface area (Å²) in [7, 11) is 2.91. The average Bonchev–Trinajstić information content (AvgIpc) is 3.31. The number of rotatable bonds is 5. The number of allylic oxidation sites excluding steroid dienone is 1. The van der Waals surface area contributed by atoms with E-state index in [0.29, 0.717) is 26.4 Å². The maximum absolute atomic E-state index is 13.5. The molecule has 0 radical (unpaired) electrons. The Bertz CT molecular complexity index is 1390. The molecule has 0 saturated carbocycles. The van der Waals surface area contributed by atoms with Gasteiger partial charge in [0.15, 0.2) is 4.80 Å². The van der Waals surface area contributed by atoms with Gasteiger partial charge in [-0.3, -0.25) is 14.0 Å². The highest BCUT2D eigenvalue weighted by Gasteiger charge is 2.33. The lowest BCUT2D eigenvalue weighted by atomic mass is 9.96. The number of nitrogens with zero attached hydrogens (tertiary/aromatic N) is 4. The van der Waals surface area contributed by atoms with Crippen molar-refractivity contribution in [2.75, 3.05) is 14.2 Å². The quantitative estimate of drug-likeness (QED) is 0.552. The van der Waals surface area contributed by atoms with Gasteiger partial charge >= 0.3 is 5.97 Å². The van der Waals surface area contributed by atoms with Crippen molar-refractivity contribution >= 4 is 23.4 Å². The third-order valence-electron chi connectivity index (χ3n) is 5.45. The number of aryl methyl sites for hydroxylation is 2. The van der Waals surface area contributed by atoms with Gasteiger partial charge in [0.05, 0.1) is 41.8 Å². The normalized spacial score (nSPS) is 16.0. The second kappa shape index (κ2) is 8.58. The van der Waals surface area contributed by atoms with Crippen molar-refractivity contribution in [1.82, 2.24) is 14.3 Å². The molecule has 1 aromatic carbocycles. The van der Waals surface area contributed by atoms with Crippen molar-refractivity contribution in [3.63, 3.8) is 0 Å². The second-order valence-corrected chi connectivity index (χ2v) is 8.38. The van der Waals surface area contributed by atoms with Crippen molar-refractivity contribution in [3.05, 3.63) is 78.2 Å². The van der Waals surface area contributed by atoms with Gasteiger partial charge in [-0.25, -0.2) is 9.79 Å². The van der Waals surface area contributed by atoms with E-state index in [4.69, 9.17) is 9.47 Å². The molecule has 8 nitrogen and oxygen atoms in total. The first-order valence-electron chi connectivity index (χ1n) is 10.2. The van der Waals surface area contributed by atoms with Crippen LogP contribution >= 0.6 is 11.3 Å². The molecule has 2 aromatic heterocycles. The van der Waals surface area contributed by atoms with Crippen LogP contribution in [0.3, 0.4) is 0 Å². The number of carbonyl (C=O) groups excluding carboxylic acids is 1. The highest BCUT2D eigenvalue weighted by Crippen LogP contribution is 2.31. The predicted octanol–water partition coefficient (Wildman–Crippen LogP) is 1.94. The molecular formula is C23H24N4O4S. The van der Waals surface area contributed by atoms with Gasteiger partial charge in [0.1, 0.15) is 5.75 Å². The number of hydrogen-bond acceptors (Lipinski definition) is 7. The summed E-state index contributed by atoms with van der Waals surface area (Å²) in [4.78, 5) is 31.3. The molecular weight excluding hydrogens is 428 g/mol. The van der Waals surface area contributed by atoms with Crippen molar-refractivity contribution in [2.24, 2.45) is 4.99 Å². The molecule has 3 heterocycles. The number of carbonyl (C=O) groups is 1. The summed E-state index contributed by atoms with van der Waals surface area (Å²) in [6, 6.07) is 6.65. The monoisotopic (exact) mass is 452 g/mol.